The molecule has 2 N–H and O–H groups in total. The van der Waals surface area contributed by atoms with Gasteiger partial charge in [0.1, 0.15) is 0 Å². The summed E-state index contributed by atoms with van der Waals surface area (Å²) in [6, 6.07) is 4.11. The minimum atomic E-state index is -3.75. The summed E-state index contributed by atoms with van der Waals surface area (Å²) >= 11 is 0. The predicted molar refractivity (Wildman–Crippen MR) is 72.2 cm³/mol. The molecule has 0 aromatic heterocycles. The first-order valence-corrected chi connectivity index (χ1v) is 7.31. The SMILES string of the molecule is COC(=O)CCS(=O)(=O)Nc1cc(C(=O)O)ccc1C. The van der Waals surface area contributed by atoms with Crippen LogP contribution in [0, 0.1) is 6.92 Å². The molecule has 1 rings (SSSR count). The van der Waals surface area contributed by atoms with Crippen LogP contribution in [0.15, 0.2) is 18.2 Å². The first-order valence-electron chi connectivity index (χ1n) is 5.66. The summed E-state index contributed by atoms with van der Waals surface area (Å²) in [6.07, 6.45) is -0.274. The number of ether oxygens (including phenoxy) is 1. The maximum absolute atomic E-state index is 11.8. The van der Waals surface area contributed by atoms with Crippen molar-refractivity contribution in [1.82, 2.24) is 0 Å². The van der Waals surface area contributed by atoms with Gasteiger partial charge in [-0.25, -0.2) is 13.2 Å². The lowest BCUT2D eigenvalue weighted by atomic mass is 10.1. The highest BCUT2D eigenvalue weighted by atomic mass is 32.2. The zero-order valence-corrected chi connectivity index (χ0v) is 11.9. The summed E-state index contributed by atoms with van der Waals surface area (Å²) in [5.41, 5.74) is 0.729. The van der Waals surface area contributed by atoms with E-state index in [0.29, 0.717) is 5.56 Å². The van der Waals surface area contributed by atoms with Crippen LogP contribution in [-0.2, 0) is 19.6 Å². The van der Waals surface area contributed by atoms with Crippen LogP contribution in [-0.4, -0.2) is 38.3 Å². The Morgan fingerprint density at radius 2 is 2.00 bits per heavy atom. The van der Waals surface area contributed by atoms with Crippen LogP contribution in [0.3, 0.4) is 0 Å². The Hall–Kier alpha value is -2.09. The van der Waals surface area contributed by atoms with E-state index in [0.717, 1.165) is 0 Å². The molecule has 0 saturated carbocycles. The Balaban J connectivity index is 2.89. The Morgan fingerprint density at radius 3 is 2.55 bits per heavy atom. The summed E-state index contributed by atoms with van der Waals surface area (Å²) in [4.78, 5) is 21.8. The highest BCUT2D eigenvalue weighted by molar-refractivity contribution is 7.92. The van der Waals surface area contributed by atoms with Gasteiger partial charge in [-0.15, -0.1) is 0 Å². The van der Waals surface area contributed by atoms with E-state index in [1.54, 1.807) is 6.92 Å². The number of nitrogens with one attached hydrogen (secondary N) is 1. The standard InChI is InChI=1S/C12H15NO6S/c1-8-3-4-9(12(15)16)7-10(8)13-20(17,18)6-5-11(14)19-2/h3-4,7,13H,5-6H2,1-2H3,(H,15,16). The molecule has 0 aliphatic carbocycles. The summed E-state index contributed by atoms with van der Waals surface area (Å²) < 4.78 is 30.2. The third-order valence-corrected chi connectivity index (χ3v) is 3.83. The number of hydrogen-bond donors (Lipinski definition) is 2. The number of benzene rings is 1. The van der Waals surface area contributed by atoms with E-state index in [1.165, 1.54) is 25.3 Å². The summed E-state index contributed by atoms with van der Waals surface area (Å²) in [6.45, 7) is 1.64. The Bertz CT molecular complexity index is 623. The minimum absolute atomic E-state index is 0.0266. The van der Waals surface area contributed by atoms with Crippen molar-refractivity contribution in [2.24, 2.45) is 0 Å². The molecule has 1 aromatic rings. The number of sulfonamides is 1. The molecule has 0 aliphatic heterocycles. The van der Waals surface area contributed by atoms with Gasteiger partial charge in [0.15, 0.2) is 0 Å². The van der Waals surface area contributed by atoms with Gasteiger partial charge < -0.3 is 9.84 Å². The highest BCUT2D eigenvalue weighted by Crippen LogP contribution is 2.18. The summed E-state index contributed by atoms with van der Waals surface area (Å²) in [5.74, 6) is -2.22. The number of carbonyl (C=O) groups excluding carboxylic acids is 1. The molecule has 0 unspecified atom stereocenters. The number of carbonyl (C=O) groups is 2. The first-order chi connectivity index (χ1) is 9.25. The fourth-order valence-electron chi connectivity index (χ4n) is 1.40. The van der Waals surface area contributed by atoms with E-state index in [1.807, 2.05) is 0 Å². The lowest BCUT2D eigenvalue weighted by Crippen LogP contribution is -2.20. The largest absolute Gasteiger partial charge is 0.478 e. The second-order valence-corrected chi connectivity index (χ2v) is 5.92. The van der Waals surface area contributed by atoms with E-state index in [9.17, 15) is 18.0 Å². The van der Waals surface area contributed by atoms with Crippen molar-refractivity contribution in [3.63, 3.8) is 0 Å². The highest BCUT2D eigenvalue weighted by Gasteiger charge is 2.16. The molecule has 0 spiro atoms. The van der Waals surface area contributed by atoms with Gasteiger partial charge in [-0.2, -0.15) is 0 Å². The molecule has 0 atom stereocenters. The second-order valence-electron chi connectivity index (χ2n) is 4.08. The third kappa shape index (κ3) is 4.54. The molecular weight excluding hydrogens is 286 g/mol. The molecule has 0 aliphatic rings. The molecule has 110 valence electrons. The number of esters is 1. The van der Waals surface area contributed by atoms with Crippen LogP contribution in [0.2, 0.25) is 0 Å². The van der Waals surface area contributed by atoms with Gasteiger partial charge in [0.05, 0.1) is 30.5 Å². The van der Waals surface area contributed by atoms with Crippen molar-refractivity contribution in [2.75, 3.05) is 17.6 Å². The smallest absolute Gasteiger partial charge is 0.335 e. The quantitative estimate of drug-likeness (QED) is 0.758. The van der Waals surface area contributed by atoms with Gasteiger partial charge in [-0.3, -0.25) is 9.52 Å². The number of aryl methyl sites for hydroxylation is 1. The van der Waals surface area contributed by atoms with E-state index in [-0.39, 0.29) is 17.7 Å². The van der Waals surface area contributed by atoms with Crippen molar-refractivity contribution in [2.45, 2.75) is 13.3 Å². The topological polar surface area (TPSA) is 110 Å². The van der Waals surface area contributed by atoms with Crippen LogP contribution in [0.25, 0.3) is 0 Å². The molecule has 0 radical (unpaired) electrons. The monoisotopic (exact) mass is 301 g/mol. The van der Waals surface area contributed by atoms with Crippen LogP contribution in [0.1, 0.15) is 22.3 Å². The molecule has 7 nitrogen and oxygen atoms in total. The van der Waals surface area contributed by atoms with Crippen molar-refractivity contribution >= 4 is 27.6 Å². The lowest BCUT2D eigenvalue weighted by Gasteiger charge is -2.10. The number of hydrogen-bond acceptors (Lipinski definition) is 5. The van der Waals surface area contributed by atoms with Gasteiger partial charge in [-0.1, -0.05) is 6.07 Å². The van der Waals surface area contributed by atoms with E-state index in [4.69, 9.17) is 5.11 Å². The van der Waals surface area contributed by atoms with Crippen molar-refractivity contribution in [1.29, 1.82) is 0 Å². The molecule has 0 bridgehead atoms. The molecule has 0 saturated heterocycles. The normalized spacial score (nSPS) is 10.9. The molecule has 20 heavy (non-hydrogen) atoms. The minimum Gasteiger partial charge on any atom is -0.478 e. The van der Waals surface area contributed by atoms with E-state index < -0.39 is 27.7 Å². The average molecular weight is 301 g/mol. The van der Waals surface area contributed by atoms with Crippen LogP contribution in [0.5, 0.6) is 0 Å². The zero-order valence-electron chi connectivity index (χ0n) is 11.0. The number of methoxy groups -OCH3 is 1. The maximum atomic E-state index is 11.8. The predicted octanol–water partition coefficient (Wildman–Crippen LogP) is 0.998. The molecule has 8 heteroatoms. The fraction of sp³-hybridized carbons (Fsp3) is 0.333. The third-order valence-electron chi connectivity index (χ3n) is 2.55. The lowest BCUT2D eigenvalue weighted by molar-refractivity contribution is -0.140. The molecular formula is C12H15NO6S. The molecule has 0 amide bonds. The molecule has 0 fully saturated rings. The summed E-state index contributed by atoms with van der Waals surface area (Å²) in [5, 5.41) is 8.87. The second kappa shape index (κ2) is 6.38. The van der Waals surface area contributed by atoms with Gasteiger partial charge >= 0.3 is 11.9 Å². The zero-order chi connectivity index (χ0) is 15.3. The van der Waals surface area contributed by atoms with E-state index >= 15 is 0 Å². The van der Waals surface area contributed by atoms with Crippen molar-refractivity contribution in [3.8, 4) is 0 Å². The Kier molecular flexibility index (Phi) is 5.09. The Labute approximate surface area is 116 Å². The van der Waals surface area contributed by atoms with Gasteiger partial charge in [-0.05, 0) is 24.6 Å². The summed E-state index contributed by atoms with van der Waals surface area (Å²) in [7, 11) is -2.58. The number of aromatic carboxylic acids is 1. The average Bonchev–Trinajstić information content (AvgIpc) is 2.38. The molecule has 0 heterocycles. The number of rotatable bonds is 6. The van der Waals surface area contributed by atoms with Gasteiger partial charge in [0.25, 0.3) is 0 Å². The van der Waals surface area contributed by atoms with Crippen LogP contribution < -0.4 is 4.72 Å². The van der Waals surface area contributed by atoms with Crippen molar-refractivity contribution < 1.29 is 27.9 Å². The van der Waals surface area contributed by atoms with Gasteiger partial charge in [0.2, 0.25) is 10.0 Å². The molecule has 1 aromatic carbocycles. The van der Waals surface area contributed by atoms with Crippen LogP contribution in [0.4, 0.5) is 5.69 Å². The van der Waals surface area contributed by atoms with Crippen LogP contribution >= 0.6 is 0 Å². The maximum Gasteiger partial charge on any atom is 0.335 e. The van der Waals surface area contributed by atoms with Crippen molar-refractivity contribution in [3.05, 3.63) is 29.3 Å². The van der Waals surface area contributed by atoms with Gasteiger partial charge in [0, 0.05) is 0 Å². The Morgan fingerprint density at radius 1 is 1.35 bits per heavy atom. The fourth-order valence-corrected chi connectivity index (χ4v) is 2.50. The number of carboxylic acid groups (broad SMARTS) is 1. The first kappa shape index (κ1) is 16.0. The van der Waals surface area contributed by atoms with E-state index in [2.05, 4.69) is 9.46 Å². The number of anilines is 1. The number of carboxylic acids is 1.